The van der Waals surface area contributed by atoms with Gasteiger partial charge in [0, 0.05) is 12.5 Å². The van der Waals surface area contributed by atoms with Gasteiger partial charge >= 0.3 is 11.9 Å². The zero-order valence-corrected chi connectivity index (χ0v) is 21.3. The zero-order valence-electron chi connectivity index (χ0n) is 20.5. The molecule has 10 heteroatoms. The Morgan fingerprint density at radius 1 is 0.973 bits per heavy atom. The molecule has 9 nitrogen and oxygen atoms in total. The van der Waals surface area contributed by atoms with Gasteiger partial charge < -0.3 is 14.6 Å². The summed E-state index contributed by atoms with van der Waals surface area (Å²) in [5.41, 5.74) is 2.62. The molecule has 4 rings (SSSR count). The predicted molar refractivity (Wildman–Crippen MR) is 137 cm³/mol. The Kier molecular flexibility index (Phi) is 7.15. The second kappa shape index (κ2) is 10.2. The number of benzene rings is 3. The van der Waals surface area contributed by atoms with Gasteiger partial charge in [0.05, 0.1) is 34.8 Å². The fraction of sp³-hybridized carbons (Fsp3) is 0.222. The summed E-state index contributed by atoms with van der Waals surface area (Å²) in [5.74, 6) is -1.37. The number of aromatic carboxylic acids is 1. The van der Waals surface area contributed by atoms with Crippen LogP contribution < -0.4 is 14.0 Å². The number of aryl methyl sites for hydroxylation is 3. The number of carboxylic acids is 1. The Bertz CT molecular complexity index is 1640. The third-order valence-electron chi connectivity index (χ3n) is 6.11. The van der Waals surface area contributed by atoms with E-state index in [9.17, 15) is 27.7 Å². The van der Waals surface area contributed by atoms with E-state index in [1.54, 1.807) is 50.2 Å². The lowest BCUT2D eigenvalue weighted by molar-refractivity contribution is -0.645. The number of ether oxygens (including phenoxy) is 2. The molecule has 3 aromatic carbocycles. The van der Waals surface area contributed by atoms with Crippen molar-refractivity contribution in [2.24, 2.45) is 0 Å². The van der Waals surface area contributed by atoms with E-state index in [0.29, 0.717) is 38.7 Å². The highest BCUT2D eigenvalue weighted by molar-refractivity contribution is 7.85. The molecule has 0 atom stereocenters. The van der Waals surface area contributed by atoms with Gasteiger partial charge in [-0.15, -0.1) is 0 Å². The second-order valence-corrected chi connectivity index (χ2v) is 10.2. The summed E-state index contributed by atoms with van der Waals surface area (Å²) in [4.78, 5) is 25.1. The average Bonchev–Trinajstić information content (AvgIpc) is 2.84. The van der Waals surface area contributed by atoms with Crippen LogP contribution in [0.25, 0.3) is 21.8 Å². The Labute approximate surface area is 213 Å². The van der Waals surface area contributed by atoms with E-state index in [0.717, 1.165) is 0 Å². The quantitative estimate of drug-likeness (QED) is 0.116. The molecule has 1 heterocycles. The van der Waals surface area contributed by atoms with Crippen LogP contribution in [0.5, 0.6) is 11.5 Å². The second-order valence-electron chi connectivity index (χ2n) is 8.67. The van der Waals surface area contributed by atoms with Gasteiger partial charge in [-0.1, -0.05) is 18.2 Å². The third-order valence-corrected chi connectivity index (χ3v) is 6.92. The largest absolute Gasteiger partial charge is 0.490 e. The maximum Gasteiger partial charge on any atom is 0.345 e. The van der Waals surface area contributed by atoms with E-state index in [4.69, 9.17) is 9.47 Å². The first-order valence-electron chi connectivity index (χ1n) is 11.4. The molecule has 0 radical (unpaired) electrons. The van der Waals surface area contributed by atoms with Gasteiger partial charge in [-0.25, -0.2) is 9.59 Å². The van der Waals surface area contributed by atoms with Crippen molar-refractivity contribution in [1.29, 1.82) is 0 Å². The van der Waals surface area contributed by atoms with Gasteiger partial charge in [0.2, 0.25) is 5.52 Å². The summed E-state index contributed by atoms with van der Waals surface area (Å²) in [6, 6.07) is 15.3. The lowest BCUT2D eigenvalue weighted by Gasteiger charge is -2.15. The minimum Gasteiger partial charge on any atom is -0.490 e. The number of methoxy groups -OCH3 is 1. The first-order valence-corrected chi connectivity index (χ1v) is 13.1. The molecule has 192 valence electrons. The van der Waals surface area contributed by atoms with Crippen molar-refractivity contribution in [2.45, 2.75) is 26.8 Å². The Morgan fingerprint density at radius 3 is 2.24 bits per heavy atom. The van der Waals surface area contributed by atoms with Gasteiger partial charge in [0.1, 0.15) is 5.75 Å². The summed E-state index contributed by atoms with van der Waals surface area (Å²) < 4.78 is 45.2. The highest BCUT2D eigenvalue weighted by Crippen LogP contribution is 2.33. The van der Waals surface area contributed by atoms with Crippen molar-refractivity contribution in [3.8, 4) is 11.5 Å². The van der Waals surface area contributed by atoms with Crippen LogP contribution in [-0.4, -0.2) is 42.9 Å². The maximum absolute atomic E-state index is 13.7. The molecule has 1 aromatic heterocycles. The molecule has 0 spiro atoms. The van der Waals surface area contributed by atoms with Gasteiger partial charge in [-0.3, -0.25) is 4.55 Å². The minimum absolute atomic E-state index is 0.0982. The van der Waals surface area contributed by atoms with Gasteiger partial charge in [0.15, 0.2) is 12.3 Å². The smallest absolute Gasteiger partial charge is 0.345 e. The first-order chi connectivity index (χ1) is 17.5. The molecule has 4 aromatic rings. The van der Waals surface area contributed by atoms with Gasteiger partial charge in [0.25, 0.3) is 15.6 Å². The predicted octanol–water partition coefficient (Wildman–Crippen LogP) is 4.10. The van der Waals surface area contributed by atoms with Crippen LogP contribution in [0.1, 0.15) is 38.3 Å². The van der Waals surface area contributed by atoms with E-state index in [2.05, 4.69) is 0 Å². The topological polar surface area (TPSA) is 131 Å². The first kappa shape index (κ1) is 26.1. The number of pyridine rings is 1. The van der Waals surface area contributed by atoms with Crippen molar-refractivity contribution < 1.29 is 41.7 Å². The Balaban J connectivity index is 1.92. The number of fused-ring (bicyclic) bond motifs is 2. The van der Waals surface area contributed by atoms with Crippen molar-refractivity contribution in [1.82, 2.24) is 0 Å². The number of nitrogens with zero attached hydrogens (tertiary/aromatic N) is 1. The maximum atomic E-state index is 13.7. The Hall–Kier alpha value is -4.02. The van der Waals surface area contributed by atoms with Crippen LogP contribution in [-0.2, 0) is 16.7 Å². The number of aromatic nitrogens is 1. The highest BCUT2D eigenvalue weighted by atomic mass is 32.2. The molecule has 0 saturated carbocycles. The summed E-state index contributed by atoms with van der Waals surface area (Å²) in [7, 11) is -2.64. The molecule has 0 aliphatic rings. The van der Waals surface area contributed by atoms with Gasteiger partial charge in [-0.05, 0) is 55.3 Å². The van der Waals surface area contributed by atoms with E-state index in [1.165, 1.54) is 19.2 Å². The van der Waals surface area contributed by atoms with Crippen LogP contribution in [0.15, 0.2) is 54.6 Å². The van der Waals surface area contributed by atoms with E-state index in [-0.39, 0.29) is 29.8 Å². The Morgan fingerprint density at radius 2 is 1.62 bits per heavy atom. The monoisotopic (exact) mass is 524 g/mol. The van der Waals surface area contributed by atoms with Crippen LogP contribution in [0.2, 0.25) is 0 Å². The number of carbonyl (C=O) groups excluding carboxylic acids is 1. The number of para-hydroxylation sites is 2. The number of esters is 1. The van der Waals surface area contributed by atoms with Crippen LogP contribution in [0, 0.1) is 13.8 Å². The standard InChI is InChI=1S/C27H25NO8S/c1-16-14-18(26(29)30)15-17(2)25(16)36-27(31)23-19-8-4-5-10-21(19)28(12-7-13-37(32,33)34)24-20(23)9-6-11-22(24)35-3/h4-6,8-11,14-15H,7,12-13H2,1-3H3,(H-,29,30,32,33,34)/p+1. The van der Waals surface area contributed by atoms with E-state index in [1.807, 2.05) is 10.6 Å². The molecule has 0 aliphatic heterocycles. The third kappa shape index (κ3) is 5.25. The number of carbonyl (C=O) groups is 2. The summed E-state index contributed by atoms with van der Waals surface area (Å²) in [6.45, 7) is 3.59. The highest BCUT2D eigenvalue weighted by Gasteiger charge is 2.28. The number of hydrogen-bond donors (Lipinski definition) is 2. The molecule has 37 heavy (non-hydrogen) atoms. The van der Waals surface area contributed by atoms with Crippen molar-refractivity contribution in [2.75, 3.05) is 12.9 Å². The summed E-state index contributed by atoms with van der Waals surface area (Å²) in [6.07, 6.45) is 0.138. The fourth-order valence-electron chi connectivity index (χ4n) is 4.59. The lowest BCUT2D eigenvalue weighted by atomic mass is 10.0. The van der Waals surface area contributed by atoms with Crippen molar-refractivity contribution in [3.63, 3.8) is 0 Å². The number of hydrogen-bond acceptors (Lipinski definition) is 6. The average molecular weight is 525 g/mol. The molecule has 0 saturated heterocycles. The van der Waals surface area contributed by atoms with Crippen LogP contribution in [0.3, 0.4) is 0 Å². The SMILES string of the molecule is COc1cccc2c(C(=O)Oc3c(C)cc(C(=O)O)cc3C)c3ccccc3[n+](CCCS(=O)(=O)O)c12. The molecule has 0 aliphatic carbocycles. The molecular formula is C27H26NO8S+. The normalized spacial score (nSPS) is 11.6. The van der Waals surface area contributed by atoms with E-state index >= 15 is 0 Å². The lowest BCUT2D eigenvalue weighted by Crippen LogP contribution is -2.37. The molecule has 0 bridgehead atoms. The minimum atomic E-state index is -4.14. The molecular weight excluding hydrogens is 498 g/mol. The molecule has 0 unspecified atom stereocenters. The van der Waals surface area contributed by atoms with Gasteiger partial charge in [-0.2, -0.15) is 13.0 Å². The fourth-order valence-corrected chi connectivity index (χ4v) is 5.08. The van der Waals surface area contributed by atoms with Crippen molar-refractivity contribution >= 4 is 43.9 Å². The zero-order chi connectivity index (χ0) is 26.9. The number of carboxylic acid groups (broad SMARTS) is 1. The summed E-state index contributed by atoms with van der Waals surface area (Å²) >= 11 is 0. The van der Waals surface area contributed by atoms with Crippen molar-refractivity contribution in [3.05, 3.63) is 76.9 Å². The van der Waals surface area contributed by atoms with Crippen LogP contribution in [0.4, 0.5) is 0 Å². The molecule has 0 fully saturated rings. The summed E-state index contributed by atoms with van der Waals surface area (Å²) in [5, 5.41) is 10.4. The molecule has 0 amide bonds. The van der Waals surface area contributed by atoms with E-state index < -0.39 is 27.8 Å². The molecule has 2 N–H and O–H groups in total. The van der Waals surface area contributed by atoms with Crippen LogP contribution >= 0.6 is 0 Å². The number of rotatable bonds is 8.